The lowest BCUT2D eigenvalue weighted by molar-refractivity contribution is -0.686. The second kappa shape index (κ2) is 8.65. The molecule has 2 aromatic heterocycles. The van der Waals surface area contributed by atoms with Gasteiger partial charge in [-0.25, -0.2) is 9.89 Å². The summed E-state index contributed by atoms with van der Waals surface area (Å²) in [4.78, 5) is 40.0. The van der Waals surface area contributed by atoms with Crippen LogP contribution >= 0.6 is 0 Å². The van der Waals surface area contributed by atoms with Gasteiger partial charge in [-0.3, -0.25) is 9.59 Å². The second-order valence-corrected chi connectivity index (χ2v) is 8.63. The van der Waals surface area contributed by atoms with Crippen LogP contribution in [0.3, 0.4) is 0 Å². The molecule has 2 amide bonds. The van der Waals surface area contributed by atoms with Gasteiger partial charge in [-0.1, -0.05) is 18.4 Å². The highest BCUT2D eigenvalue weighted by Gasteiger charge is 2.35. The second-order valence-electron chi connectivity index (χ2n) is 8.63. The van der Waals surface area contributed by atoms with Crippen LogP contribution in [-0.4, -0.2) is 63.8 Å². The van der Waals surface area contributed by atoms with E-state index >= 15 is 0 Å². The first kappa shape index (κ1) is 21.9. The van der Waals surface area contributed by atoms with Crippen LogP contribution in [0.15, 0.2) is 10.9 Å². The normalized spacial score (nSPS) is 16.9. The Morgan fingerprint density at radius 3 is 2.66 bits per heavy atom. The number of morpholine rings is 1. The number of nitrogen functional groups attached to an aromatic ring is 1. The number of aromatic nitrogens is 3. The average Bonchev–Trinajstić information content (AvgIpc) is 3.50. The van der Waals surface area contributed by atoms with Gasteiger partial charge in [0, 0.05) is 25.2 Å². The van der Waals surface area contributed by atoms with E-state index in [1.807, 2.05) is 13.8 Å². The zero-order chi connectivity index (χ0) is 23.0. The monoisotopic (exact) mass is 445 g/mol. The Hall–Kier alpha value is -3.34. The highest BCUT2D eigenvalue weighted by atomic mass is 16.5. The maximum absolute atomic E-state index is 13.1. The van der Waals surface area contributed by atoms with Crippen LogP contribution in [0.5, 0.6) is 5.88 Å². The summed E-state index contributed by atoms with van der Waals surface area (Å²) in [5.74, 6) is -1.00. The lowest BCUT2D eigenvalue weighted by Gasteiger charge is -2.25. The number of fused-ring (bicyclic) bond motifs is 1. The number of carbonyl (C=O) groups excluding carboxylic acids is 2. The van der Waals surface area contributed by atoms with E-state index in [9.17, 15) is 19.5 Å². The Bertz CT molecular complexity index is 1140. The maximum atomic E-state index is 13.1. The number of aromatic amines is 1. The first-order valence-corrected chi connectivity index (χ1v) is 10.8. The molecule has 0 aromatic carbocycles. The molecule has 1 saturated carbocycles. The molecular formula is C21H29N6O5+. The predicted octanol–water partition coefficient (Wildman–Crippen LogP) is -0.377. The molecule has 0 atom stereocenters. The third kappa shape index (κ3) is 4.20. The van der Waals surface area contributed by atoms with Crippen molar-refractivity contribution >= 4 is 29.4 Å². The largest absolute Gasteiger partial charge is 0.477 e. The van der Waals surface area contributed by atoms with Crippen LogP contribution in [-0.2, 0) is 16.1 Å². The number of amides is 2. The first-order chi connectivity index (χ1) is 15.3. The number of hydrogen-bond acceptors (Lipinski definition) is 6. The van der Waals surface area contributed by atoms with E-state index in [2.05, 4.69) is 10.4 Å². The van der Waals surface area contributed by atoms with E-state index in [4.69, 9.17) is 10.5 Å². The zero-order valence-electron chi connectivity index (χ0n) is 18.3. The highest BCUT2D eigenvalue weighted by Crippen LogP contribution is 2.22. The Kier molecular flexibility index (Phi) is 5.92. The van der Waals surface area contributed by atoms with Crippen LogP contribution in [0.25, 0.3) is 11.7 Å². The first-order valence-electron chi connectivity index (χ1n) is 10.8. The molecular weight excluding hydrogens is 416 g/mol. The third-order valence-corrected chi connectivity index (χ3v) is 5.53. The smallest absolute Gasteiger partial charge is 0.378 e. The highest BCUT2D eigenvalue weighted by molar-refractivity contribution is 5.96. The number of H-pyrrole nitrogens is 1. The molecule has 11 heteroatoms. The summed E-state index contributed by atoms with van der Waals surface area (Å²) in [6.45, 7) is 6.20. The number of carbonyl (C=O) groups is 2. The summed E-state index contributed by atoms with van der Waals surface area (Å²) in [6, 6.07) is 0.0268. The van der Waals surface area contributed by atoms with Crippen molar-refractivity contribution in [2.24, 2.45) is 5.92 Å². The fraction of sp³-hybridized carbons (Fsp3) is 0.524. The molecule has 5 N–H and O–H groups in total. The summed E-state index contributed by atoms with van der Waals surface area (Å²) in [6.07, 6.45) is 4.62. The molecule has 1 aliphatic heterocycles. The Balaban J connectivity index is 1.81. The van der Waals surface area contributed by atoms with Crippen molar-refractivity contribution in [1.82, 2.24) is 19.8 Å². The molecule has 1 aliphatic carbocycles. The average molecular weight is 446 g/mol. The molecule has 2 aromatic rings. The molecule has 4 rings (SSSR count). The van der Waals surface area contributed by atoms with Gasteiger partial charge in [-0.2, -0.15) is 4.57 Å². The molecule has 11 nitrogen and oxygen atoms in total. The van der Waals surface area contributed by atoms with Crippen LogP contribution in [0.4, 0.5) is 5.82 Å². The molecule has 32 heavy (non-hydrogen) atoms. The number of hydrogen-bond donors (Lipinski definition) is 4. The van der Waals surface area contributed by atoms with E-state index in [0.29, 0.717) is 38.4 Å². The van der Waals surface area contributed by atoms with Crippen molar-refractivity contribution in [2.75, 3.05) is 32.0 Å². The number of nitrogens with zero attached hydrogens (tertiary/aromatic N) is 3. The van der Waals surface area contributed by atoms with E-state index < -0.39 is 17.3 Å². The lowest BCUT2D eigenvalue weighted by Crippen LogP contribution is -2.46. The van der Waals surface area contributed by atoms with Gasteiger partial charge < -0.3 is 25.8 Å². The predicted molar refractivity (Wildman–Crippen MR) is 116 cm³/mol. The van der Waals surface area contributed by atoms with Crippen LogP contribution in [0, 0.1) is 5.92 Å². The van der Waals surface area contributed by atoms with Crippen molar-refractivity contribution in [3.8, 4) is 5.88 Å². The van der Waals surface area contributed by atoms with Crippen molar-refractivity contribution in [2.45, 2.75) is 39.3 Å². The van der Waals surface area contributed by atoms with Gasteiger partial charge in [0.25, 0.3) is 5.91 Å². The summed E-state index contributed by atoms with van der Waals surface area (Å²) in [5, 5.41) is 16.5. The number of ether oxygens (including phenoxy) is 1. The zero-order valence-corrected chi connectivity index (χ0v) is 18.3. The van der Waals surface area contributed by atoms with Crippen molar-refractivity contribution in [3.63, 3.8) is 0 Å². The molecule has 0 spiro atoms. The minimum atomic E-state index is -0.707. The van der Waals surface area contributed by atoms with Gasteiger partial charge in [-0.15, -0.1) is 0 Å². The summed E-state index contributed by atoms with van der Waals surface area (Å²) in [5.41, 5.74) is 5.77. The Morgan fingerprint density at radius 2 is 2.03 bits per heavy atom. The van der Waals surface area contributed by atoms with Crippen molar-refractivity contribution in [1.29, 1.82) is 0 Å². The Morgan fingerprint density at radius 1 is 1.34 bits per heavy atom. The van der Waals surface area contributed by atoms with Gasteiger partial charge >= 0.3 is 17.1 Å². The van der Waals surface area contributed by atoms with Gasteiger partial charge in [0.05, 0.1) is 19.8 Å². The fourth-order valence-electron chi connectivity index (χ4n) is 3.76. The van der Waals surface area contributed by atoms with Crippen LogP contribution in [0.2, 0.25) is 0 Å². The summed E-state index contributed by atoms with van der Waals surface area (Å²) in [7, 11) is 0. The van der Waals surface area contributed by atoms with Gasteiger partial charge in [-0.05, 0) is 24.8 Å². The number of nitrogens with two attached hydrogens (primary N) is 1. The molecule has 172 valence electrons. The van der Waals surface area contributed by atoms with Crippen molar-refractivity contribution in [3.05, 3.63) is 27.6 Å². The maximum Gasteiger partial charge on any atom is 0.378 e. The fourth-order valence-corrected chi connectivity index (χ4v) is 3.76. The minimum Gasteiger partial charge on any atom is -0.477 e. The van der Waals surface area contributed by atoms with E-state index in [1.54, 1.807) is 4.90 Å². The van der Waals surface area contributed by atoms with Gasteiger partial charge in [0.2, 0.25) is 11.5 Å². The van der Waals surface area contributed by atoms with E-state index in [0.717, 1.165) is 17.4 Å². The summed E-state index contributed by atoms with van der Waals surface area (Å²) < 4.78 is 7.91. The standard InChI is InChI=1S/C21H28N6O5/c1-12(2)11-26-19-14(5-6-15(28)25-7-9-32-10-8-25)17(22)24-27(19)21(31)16(20(26)30)18(29)23-13-3-4-13/h5-6,12-13H,3-4,7-11H2,1-2H3,(H4,22,23,24,29,30,31)/p+1/b6-5+. The quantitative estimate of drug-likeness (QED) is 0.352. The number of rotatable bonds is 6. The van der Waals surface area contributed by atoms with E-state index in [-0.39, 0.29) is 34.9 Å². The van der Waals surface area contributed by atoms with Gasteiger partial charge in [0.1, 0.15) is 5.56 Å². The molecule has 0 unspecified atom stereocenters. The number of nitrogens with one attached hydrogen (secondary N) is 2. The number of aromatic hydroxyl groups is 1. The molecule has 0 radical (unpaired) electrons. The lowest BCUT2D eigenvalue weighted by atomic mass is 10.2. The van der Waals surface area contributed by atoms with Crippen LogP contribution in [0.1, 0.15) is 42.6 Å². The van der Waals surface area contributed by atoms with Gasteiger partial charge in [0.15, 0.2) is 5.82 Å². The van der Waals surface area contributed by atoms with Crippen molar-refractivity contribution < 1.29 is 24.0 Å². The third-order valence-electron chi connectivity index (χ3n) is 5.53. The SMILES string of the molecule is CC(C)C[n+]1c(O)c(C(=O)NC2CC2)c(=O)n2[nH]c(N)c(/C=C/C(=O)N3CCOCC3)c21. The summed E-state index contributed by atoms with van der Waals surface area (Å²) >= 11 is 0. The Labute approximate surface area is 184 Å². The number of anilines is 1. The molecule has 1 saturated heterocycles. The molecule has 2 fully saturated rings. The molecule has 2 aliphatic rings. The molecule has 3 heterocycles. The topological polar surface area (TPSA) is 146 Å². The van der Waals surface area contributed by atoms with Crippen LogP contribution < -0.4 is 21.2 Å². The minimum absolute atomic E-state index is 0.0268. The van der Waals surface area contributed by atoms with E-state index in [1.165, 1.54) is 16.7 Å². The molecule has 0 bridgehead atoms.